The third-order valence-electron chi connectivity index (χ3n) is 3.46. The Balaban J connectivity index is 2.21. The minimum Gasteiger partial charge on any atom is -0.447 e. The van der Waals surface area contributed by atoms with Crippen LogP contribution in [0.1, 0.15) is 24.2 Å². The van der Waals surface area contributed by atoms with Crippen molar-refractivity contribution in [3.05, 3.63) is 71.8 Å². The lowest BCUT2D eigenvalue weighted by Crippen LogP contribution is -2.23. The molecule has 0 radical (unpaired) electrons. The predicted molar refractivity (Wildman–Crippen MR) is 109 cm³/mol. The molecule has 0 saturated heterocycles. The molecule has 1 unspecified atom stereocenters. The van der Waals surface area contributed by atoms with Gasteiger partial charge in [0.1, 0.15) is 0 Å². The van der Waals surface area contributed by atoms with E-state index in [1.165, 1.54) is 23.7 Å². The molecule has 0 aliphatic rings. The zero-order valence-corrected chi connectivity index (χ0v) is 16.2. The summed E-state index contributed by atoms with van der Waals surface area (Å²) in [6.07, 6.45) is 2.39. The van der Waals surface area contributed by atoms with E-state index < -0.39 is 18.0 Å². The fraction of sp³-hybridized carbons (Fsp3) is 0.200. The summed E-state index contributed by atoms with van der Waals surface area (Å²) < 4.78 is 5.19. The molecule has 0 heterocycles. The maximum absolute atomic E-state index is 12.7. The smallest absolute Gasteiger partial charge is 0.303 e. The molecule has 2 aromatic rings. The van der Waals surface area contributed by atoms with Crippen LogP contribution in [0.4, 0.5) is 0 Å². The Morgan fingerprint density at radius 2 is 1.67 bits per heavy atom. The Morgan fingerprint density at radius 1 is 1.07 bits per heavy atom. The van der Waals surface area contributed by atoms with Crippen molar-refractivity contribution < 1.29 is 14.3 Å². The molecule has 140 valence electrons. The summed E-state index contributed by atoms with van der Waals surface area (Å²) in [5.74, 6) is -1.11. The number of esters is 1. The minimum atomic E-state index is -1.09. The maximum atomic E-state index is 12.7. The molecule has 0 bridgehead atoms. The highest BCUT2D eigenvalue weighted by molar-refractivity contribution is 8.13. The van der Waals surface area contributed by atoms with Gasteiger partial charge in [-0.15, -0.1) is 0 Å². The number of carbonyl (C=O) groups excluding carboxylic acids is 2. The summed E-state index contributed by atoms with van der Waals surface area (Å²) >= 11 is 1.27. The molecular weight excluding hydrogens is 362 g/mol. The molecule has 2 rings (SSSR count). The topological polar surface area (TPSA) is 71.3 Å². The zero-order valence-electron chi connectivity index (χ0n) is 15.4. The SMILES string of the molecule is CSC(=NC(=O)C(OC(C)=O)c1ccccc1)N(C)N=Cc1ccccc1. The Bertz CT molecular complexity index is 823. The molecule has 0 N–H and O–H groups in total. The number of ether oxygens (including phenoxy) is 1. The number of nitrogens with zero attached hydrogens (tertiary/aromatic N) is 3. The summed E-state index contributed by atoms with van der Waals surface area (Å²) in [5.41, 5.74) is 1.50. The van der Waals surface area contributed by atoms with Crippen LogP contribution in [0.5, 0.6) is 0 Å². The lowest BCUT2D eigenvalue weighted by Gasteiger charge is -2.17. The van der Waals surface area contributed by atoms with Gasteiger partial charge in [-0.3, -0.25) is 9.59 Å². The number of thioether (sulfide) groups is 1. The summed E-state index contributed by atoms with van der Waals surface area (Å²) in [6.45, 7) is 1.26. The molecule has 27 heavy (non-hydrogen) atoms. The lowest BCUT2D eigenvalue weighted by molar-refractivity contribution is -0.153. The summed E-state index contributed by atoms with van der Waals surface area (Å²) in [6, 6.07) is 18.4. The third-order valence-corrected chi connectivity index (χ3v) is 4.18. The Hall–Kier alpha value is -2.93. The van der Waals surface area contributed by atoms with Crippen LogP contribution in [0.2, 0.25) is 0 Å². The molecule has 2 aromatic carbocycles. The fourth-order valence-electron chi connectivity index (χ4n) is 2.20. The van der Waals surface area contributed by atoms with E-state index >= 15 is 0 Å². The van der Waals surface area contributed by atoms with E-state index in [0.29, 0.717) is 10.7 Å². The van der Waals surface area contributed by atoms with E-state index in [1.54, 1.807) is 43.8 Å². The predicted octanol–water partition coefficient (Wildman–Crippen LogP) is 3.50. The van der Waals surface area contributed by atoms with Gasteiger partial charge < -0.3 is 4.74 Å². The second-order valence-electron chi connectivity index (χ2n) is 5.52. The monoisotopic (exact) mass is 383 g/mol. The lowest BCUT2D eigenvalue weighted by atomic mass is 10.1. The first kappa shape index (κ1) is 20.4. The van der Waals surface area contributed by atoms with E-state index in [-0.39, 0.29) is 0 Å². The van der Waals surface area contributed by atoms with Crippen molar-refractivity contribution in [1.29, 1.82) is 0 Å². The van der Waals surface area contributed by atoms with E-state index in [1.807, 2.05) is 36.4 Å². The van der Waals surface area contributed by atoms with Crippen LogP contribution >= 0.6 is 11.8 Å². The third kappa shape index (κ3) is 6.38. The number of hydrogen-bond donors (Lipinski definition) is 0. The van der Waals surface area contributed by atoms with Gasteiger partial charge >= 0.3 is 5.97 Å². The van der Waals surface area contributed by atoms with Crippen LogP contribution in [0, 0.1) is 0 Å². The fourth-order valence-corrected chi connectivity index (χ4v) is 2.69. The number of hydrogen-bond acceptors (Lipinski definition) is 5. The van der Waals surface area contributed by atoms with Crippen molar-refractivity contribution >= 4 is 35.0 Å². The van der Waals surface area contributed by atoms with Gasteiger partial charge in [0.05, 0.1) is 6.21 Å². The Kier molecular flexibility index (Phi) is 7.76. The molecule has 0 aromatic heterocycles. The van der Waals surface area contributed by atoms with Crippen LogP contribution in [-0.2, 0) is 14.3 Å². The molecule has 6 nitrogen and oxygen atoms in total. The van der Waals surface area contributed by atoms with Gasteiger partial charge in [-0.2, -0.15) is 10.1 Å². The van der Waals surface area contributed by atoms with E-state index in [9.17, 15) is 9.59 Å². The number of carbonyl (C=O) groups is 2. The molecule has 7 heteroatoms. The number of rotatable bonds is 5. The first-order valence-corrected chi connectivity index (χ1v) is 9.45. The number of benzene rings is 2. The van der Waals surface area contributed by atoms with Gasteiger partial charge in [-0.1, -0.05) is 72.4 Å². The molecule has 0 aliphatic carbocycles. The molecule has 0 saturated carbocycles. The number of amides is 1. The van der Waals surface area contributed by atoms with Crippen molar-refractivity contribution in [3.8, 4) is 0 Å². The highest BCUT2D eigenvalue weighted by Gasteiger charge is 2.24. The molecule has 1 amide bonds. The van der Waals surface area contributed by atoms with Gasteiger partial charge in [0.2, 0.25) is 6.10 Å². The van der Waals surface area contributed by atoms with Crippen molar-refractivity contribution in [1.82, 2.24) is 5.01 Å². The van der Waals surface area contributed by atoms with Crippen molar-refractivity contribution in [2.45, 2.75) is 13.0 Å². The van der Waals surface area contributed by atoms with Crippen LogP contribution < -0.4 is 0 Å². The van der Waals surface area contributed by atoms with Crippen molar-refractivity contribution in [2.24, 2.45) is 10.1 Å². The van der Waals surface area contributed by atoms with Gasteiger partial charge in [0.25, 0.3) is 5.91 Å². The van der Waals surface area contributed by atoms with Gasteiger partial charge in [-0.05, 0) is 11.8 Å². The largest absolute Gasteiger partial charge is 0.447 e. The molecule has 0 fully saturated rings. The van der Waals surface area contributed by atoms with Crippen molar-refractivity contribution in [2.75, 3.05) is 13.3 Å². The maximum Gasteiger partial charge on any atom is 0.303 e. The van der Waals surface area contributed by atoms with E-state index in [2.05, 4.69) is 10.1 Å². The average Bonchev–Trinajstić information content (AvgIpc) is 2.69. The Morgan fingerprint density at radius 3 is 2.22 bits per heavy atom. The highest BCUT2D eigenvalue weighted by Crippen LogP contribution is 2.20. The summed E-state index contributed by atoms with van der Waals surface area (Å²) in [4.78, 5) is 28.2. The molecule has 1 atom stereocenters. The average molecular weight is 383 g/mol. The van der Waals surface area contributed by atoms with Crippen LogP contribution in [0.3, 0.4) is 0 Å². The van der Waals surface area contributed by atoms with Gasteiger partial charge in [-0.25, -0.2) is 5.01 Å². The van der Waals surface area contributed by atoms with Crippen molar-refractivity contribution in [3.63, 3.8) is 0 Å². The minimum absolute atomic E-state index is 0.389. The number of aliphatic imine (C=N–C) groups is 1. The van der Waals surface area contributed by atoms with E-state index in [4.69, 9.17) is 4.74 Å². The normalized spacial score (nSPS) is 12.6. The second-order valence-corrected chi connectivity index (χ2v) is 6.29. The summed E-state index contributed by atoms with van der Waals surface area (Å²) in [7, 11) is 1.70. The van der Waals surface area contributed by atoms with Gasteiger partial charge in [0.15, 0.2) is 5.17 Å². The number of amidine groups is 1. The second kappa shape index (κ2) is 10.3. The van der Waals surface area contributed by atoms with Crippen LogP contribution in [-0.4, -0.2) is 41.6 Å². The molecular formula is C20H21N3O3S. The van der Waals surface area contributed by atoms with E-state index in [0.717, 1.165) is 5.56 Å². The first-order chi connectivity index (χ1) is 13.0. The molecule has 0 aliphatic heterocycles. The highest BCUT2D eigenvalue weighted by atomic mass is 32.2. The van der Waals surface area contributed by atoms with Gasteiger partial charge in [0, 0.05) is 19.5 Å². The standard InChI is InChI=1S/C20H21N3O3S/c1-15(24)26-18(17-12-8-5-9-13-17)19(25)22-20(27-3)23(2)21-14-16-10-6-4-7-11-16/h4-14,18H,1-3H3. The summed E-state index contributed by atoms with van der Waals surface area (Å²) in [5, 5.41) is 6.20. The van der Waals surface area contributed by atoms with Crippen LogP contribution in [0.15, 0.2) is 70.8 Å². The molecule has 0 spiro atoms. The number of hydrazone groups is 1. The quantitative estimate of drug-likeness (QED) is 0.342. The first-order valence-electron chi connectivity index (χ1n) is 8.22. The van der Waals surface area contributed by atoms with Crippen LogP contribution in [0.25, 0.3) is 0 Å². The Labute approximate surface area is 162 Å². The zero-order chi connectivity index (χ0) is 19.6.